The van der Waals surface area contributed by atoms with Gasteiger partial charge in [0.15, 0.2) is 0 Å². The Morgan fingerprint density at radius 3 is 2.61 bits per heavy atom. The number of hydrogen-bond acceptors (Lipinski definition) is 0. The molecule has 0 aliphatic rings. The van der Waals surface area contributed by atoms with Gasteiger partial charge in [-0.05, 0) is 41.7 Å². The van der Waals surface area contributed by atoms with Crippen LogP contribution in [0.25, 0.3) is 0 Å². The average molecular weight is 324 g/mol. The van der Waals surface area contributed by atoms with Gasteiger partial charge in [-0.3, -0.25) is 0 Å². The summed E-state index contributed by atoms with van der Waals surface area (Å²) in [6.07, 6.45) is 1.88. The molecule has 0 aromatic heterocycles. The molecule has 2 heteroatoms. The largest absolute Gasteiger partial charge is 0.117 e. The third-order valence-electron chi connectivity index (χ3n) is 3.08. The molecule has 0 amide bonds. The van der Waals surface area contributed by atoms with E-state index in [1.54, 1.807) is 0 Å². The monoisotopic (exact) mass is 322 g/mol. The van der Waals surface area contributed by atoms with E-state index in [2.05, 4.69) is 65.3 Å². The third-order valence-corrected chi connectivity index (χ3v) is 3.96. The average Bonchev–Trinajstić information content (AvgIpc) is 2.38. The van der Waals surface area contributed by atoms with Gasteiger partial charge in [-0.2, -0.15) is 0 Å². The van der Waals surface area contributed by atoms with E-state index in [1.165, 1.54) is 16.7 Å². The van der Waals surface area contributed by atoms with E-state index in [-0.39, 0.29) is 5.38 Å². The van der Waals surface area contributed by atoms with E-state index in [0.29, 0.717) is 0 Å². The zero-order valence-electron chi connectivity index (χ0n) is 10.4. The molecule has 0 spiro atoms. The summed E-state index contributed by atoms with van der Waals surface area (Å²) in [5.74, 6) is 0. The van der Waals surface area contributed by atoms with E-state index < -0.39 is 0 Å². The Hall–Kier alpha value is -0.790. The molecule has 1 unspecified atom stereocenters. The number of aryl methyl sites for hydroxylation is 1. The van der Waals surface area contributed by atoms with Crippen molar-refractivity contribution in [2.24, 2.45) is 0 Å². The van der Waals surface area contributed by atoms with Crippen LogP contribution < -0.4 is 0 Å². The Bertz CT molecular complexity index is 522. The molecule has 0 radical (unpaired) electrons. The van der Waals surface area contributed by atoms with Crippen molar-refractivity contribution in [2.45, 2.75) is 25.1 Å². The summed E-state index contributed by atoms with van der Waals surface area (Å²) in [7, 11) is 0. The van der Waals surface area contributed by atoms with E-state index in [4.69, 9.17) is 11.6 Å². The van der Waals surface area contributed by atoms with Crippen LogP contribution in [0.15, 0.2) is 53.0 Å². The van der Waals surface area contributed by atoms with Gasteiger partial charge < -0.3 is 0 Å². The molecule has 2 aromatic carbocycles. The fourth-order valence-electron chi connectivity index (χ4n) is 2.14. The smallest absolute Gasteiger partial charge is 0.0628 e. The Balaban J connectivity index is 2.19. The first-order valence-electron chi connectivity index (χ1n) is 6.17. The van der Waals surface area contributed by atoms with Crippen molar-refractivity contribution in [3.8, 4) is 0 Å². The topological polar surface area (TPSA) is 0 Å². The van der Waals surface area contributed by atoms with Gasteiger partial charge in [0.1, 0.15) is 0 Å². The fourth-order valence-corrected chi connectivity index (χ4v) is 2.98. The molecule has 1 atom stereocenters. The van der Waals surface area contributed by atoms with Crippen LogP contribution in [-0.2, 0) is 12.8 Å². The molecular formula is C16H16BrCl. The van der Waals surface area contributed by atoms with Crippen molar-refractivity contribution in [1.82, 2.24) is 0 Å². The van der Waals surface area contributed by atoms with E-state index in [9.17, 15) is 0 Å². The summed E-state index contributed by atoms with van der Waals surface area (Å²) in [6.45, 7) is 2.17. The predicted octanol–water partition coefficient (Wildman–Crippen LogP) is 5.53. The van der Waals surface area contributed by atoms with Crippen molar-refractivity contribution in [1.29, 1.82) is 0 Å². The van der Waals surface area contributed by atoms with Crippen molar-refractivity contribution in [3.63, 3.8) is 0 Å². The highest BCUT2D eigenvalue weighted by Crippen LogP contribution is 2.28. The van der Waals surface area contributed by atoms with Crippen LogP contribution in [0.3, 0.4) is 0 Å². The SMILES string of the molecule is CCc1ccccc1C(Cl)Cc1cccc(Br)c1. The Labute approximate surface area is 122 Å². The molecule has 0 saturated carbocycles. The highest BCUT2D eigenvalue weighted by Gasteiger charge is 2.12. The fraction of sp³-hybridized carbons (Fsp3) is 0.250. The summed E-state index contributed by atoms with van der Waals surface area (Å²) in [6, 6.07) is 16.8. The van der Waals surface area contributed by atoms with Crippen LogP contribution in [-0.4, -0.2) is 0 Å². The molecule has 0 saturated heterocycles. The first kappa shape index (κ1) is 13.6. The molecule has 0 nitrogen and oxygen atoms in total. The lowest BCUT2D eigenvalue weighted by molar-refractivity contribution is 0.895. The predicted molar refractivity (Wildman–Crippen MR) is 82.3 cm³/mol. The minimum Gasteiger partial charge on any atom is -0.117 e. The second-order valence-electron chi connectivity index (χ2n) is 4.35. The zero-order valence-corrected chi connectivity index (χ0v) is 12.7. The molecular weight excluding hydrogens is 308 g/mol. The first-order valence-corrected chi connectivity index (χ1v) is 7.40. The number of hydrogen-bond donors (Lipinski definition) is 0. The van der Waals surface area contributed by atoms with Crippen molar-refractivity contribution >= 4 is 27.5 Å². The maximum atomic E-state index is 6.56. The van der Waals surface area contributed by atoms with Crippen LogP contribution >= 0.6 is 27.5 Å². The van der Waals surface area contributed by atoms with Gasteiger partial charge in [-0.1, -0.05) is 59.3 Å². The zero-order chi connectivity index (χ0) is 13.0. The minimum absolute atomic E-state index is 0.0375. The number of benzene rings is 2. The van der Waals surface area contributed by atoms with Gasteiger partial charge in [-0.25, -0.2) is 0 Å². The molecule has 2 rings (SSSR count). The molecule has 0 aliphatic heterocycles. The number of rotatable bonds is 4. The molecule has 0 aliphatic carbocycles. The Morgan fingerprint density at radius 2 is 1.89 bits per heavy atom. The third kappa shape index (κ3) is 3.37. The molecule has 18 heavy (non-hydrogen) atoms. The van der Waals surface area contributed by atoms with Crippen LogP contribution in [0, 0.1) is 0 Å². The summed E-state index contributed by atoms with van der Waals surface area (Å²) in [5, 5.41) is 0.0375. The second-order valence-corrected chi connectivity index (χ2v) is 5.80. The summed E-state index contributed by atoms with van der Waals surface area (Å²) < 4.78 is 1.10. The molecule has 0 bridgehead atoms. The van der Waals surface area contributed by atoms with Crippen LogP contribution in [0.2, 0.25) is 0 Å². The molecule has 2 aromatic rings. The second kappa shape index (κ2) is 6.40. The normalized spacial score (nSPS) is 12.4. The van der Waals surface area contributed by atoms with Crippen molar-refractivity contribution in [2.75, 3.05) is 0 Å². The highest BCUT2D eigenvalue weighted by molar-refractivity contribution is 9.10. The maximum Gasteiger partial charge on any atom is 0.0628 e. The van der Waals surface area contributed by atoms with Gasteiger partial charge in [-0.15, -0.1) is 11.6 Å². The van der Waals surface area contributed by atoms with Crippen LogP contribution in [0.1, 0.15) is 29.0 Å². The lowest BCUT2D eigenvalue weighted by Gasteiger charge is -2.14. The Morgan fingerprint density at radius 1 is 1.11 bits per heavy atom. The van der Waals surface area contributed by atoms with E-state index >= 15 is 0 Å². The van der Waals surface area contributed by atoms with Crippen molar-refractivity contribution < 1.29 is 0 Å². The van der Waals surface area contributed by atoms with Gasteiger partial charge >= 0.3 is 0 Å². The minimum atomic E-state index is 0.0375. The van der Waals surface area contributed by atoms with Crippen molar-refractivity contribution in [3.05, 3.63) is 69.7 Å². The summed E-state index contributed by atoms with van der Waals surface area (Å²) in [5.41, 5.74) is 3.85. The van der Waals surface area contributed by atoms with Gasteiger partial charge in [0, 0.05) is 4.47 Å². The molecule has 0 heterocycles. The van der Waals surface area contributed by atoms with Gasteiger partial charge in [0.25, 0.3) is 0 Å². The molecule has 0 N–H and O–H groups in total. The molecule has 0 fully saturated rings. The number of alkyl halides is 1. The van der Waals surface area contributed by atoms with Gasteiger partial charge in [0.2, 0.25) is 0 Å². The summed E-state index contributed by atoms with van der Waals surface area (Å²) in [4.78, 5) is 0. The highest BCUT2D eigenvalue weighted by atomic mass is 79.9. The van der Waals surface area contributed by atoms with E-state index in [1.807, 2.05) is 6.07 Å². The summed E-state index contributed by atoms with van der Waals surface area (Å²) >= 11 is 10.1. The van der Waals surface area contributed by atoms with Crippen LogP contribution in [0.5, 0.6) is 0 Å². The van der Waals surface area contributed by atoms with E-state index in [0.717, 1.165) is 17.3 Å². The molecule has 94 valence electrons. The standard InChI is InChI=1S/C16H16BrCl/c1-2-13-7-3-4-9-15(13)16(18)11-12-6-5-8-14(17)10-12/h3-10,16H,2,11H2,1H3. The number of halogens is 2. The van der Waals surface area contributed by atoms with Gasteiger partial charge in [0.05, 0.1) is 5.38 Å². The van der Waals surface area contributed by atoms with Crippen LogP contribution in [0.4, 0.5) is 0 Å². The Kier molecular flexibility index (Phi) is 4.85. The lowest BCUT2D eigenvalue weighted by atomic mass is 9.98. The first-order chi connectivity index (χ1) is 8.70. The quantitative estimate of drug-likeness (QED) is 0.649. The lowest BCUT2D eigenvalue weighted by Crippen LogP contribution is -2.00. The maximum absolute atomic E-state index is 6.56.